The Balaban J connectivity index is 1.66. The van der Waals surface area contributed by atoms with Crippen molar-refractivity contribution in [2.45, 2.75) is 44.3 Å². The molecule has 27 heavy (non-hydrogen) atoms. The molecule has 6 atom stereocenters. The molecule has 3 aliphatic carbocycles. The Morgan fingerprint density at radius 3 is 2.44 bits per heavy atom. The van der Waals surface area contributed by atoms with Crippen molar-refractivity contribution in [3.8, 4) is 0 Å². The number of carboxylic acid groups (broad SMARTS) is 1. The molecule has 1 aromatic rings. The predicted molar refractivity (Wildman–Crippen MR) is 100 cm³/mol. The zero-order chi connectivity index (χ0) is 19.4. The summed E-state index contributed by atoms with van der Waals surface area (Å²) in [6.45, 7) is 0. The van der Waals surface area contributed by atoms with Crippen molar-refractivity contribution in [2.24, 2.45) is 23.7 Å². The van der Waals surface area contributed by atoms with Crippen LogP contribution in [0.1, 0.15) is 31.2 Å². The van der Waals surface area contributed by atoms with E-state index < -0.39 is 18.2 Å². The average Bonchev–Trinajstić information content (AvgIpc) is 2.62. The molecule has 5 heteroatoms. The van der Waals surface area contributed by atoms with Crippen LogP contribution in [0.4, 0.5) is 4.39 Å². The monoisotopic (exact) mass is 374 g/mol. The fourth-order valence-corrected chi connectivity index (χ4v) is 4.51. The molecule has 1 aromatic carbocycles. The van der Waals surface area contributed by atoms with Crippen LogP contribution in [0.2, 0.25) is 0 Å². The van der Waals surface area contributed by atoms with Crippen molar-refractivity contribution in [1.82, 2.24) is 0 Å². The predicted octanol–water partition coefficient (Wildman–Crippen LogP) is 3.34. The van der Waals surface area contributed by atoms with Crippen LogP contribution in [0.15, 0.2) is 48.6 Å². The summed E-state index contributed by atoms with van der Waals surface area (Å²) in [5, 5.41) is 28.5. The number of aliphatic hydroxyl groups excluding tert-OH is 2. The lowest BCUT2D eigenvalue weighted by atomic mass is 9.60. The standard InChI is InChI=1S/C22H27FO4/c23-17-7-1-14(2-8-17)11-21-16-5-3-15(4-6-16)20(21)10-9-18(24)12-19(25)13-22(26)27/h1-3,5,7-10,15-16,18-21,24-25H,4,6,11-13H2,(H,26,27)/b10-9+. The highest BCUT2D eigenvalue weighted by molar-refractivity contribution is 5.67. The van der Waals surface area contributed by atoms with E-state index in [2.05, 4.69) is 12.2 Å². The molecule has 3 aliphatic rings. The summed E-state index contributed by atoms with van der Waals surface area (Å²) in [4.78, 5) is 10.6. The first-order valence-corrected chi connectivity index (χ1v) is 9.61. The number of hydrogen-bond donors (Lipinski definition) is 3. The van der Waals surface area contributed by atoms with Crippen molar-refractivity contribution < 1.29 is 24.5 Å². The van der Waals surface area contributed by atoms with Gasteiger partial charge in [0.2, 0.25) is 0 Å². The smallest absolute Gasteiger partial charge is 0.305 e. The lowest BCUT2D eigenvalue weighted by molar-refractivity contribution is -0.139. The molecule has 1 saturated carbocycles. The number of aliphatic hydroxyl groups is 2. The van der Waals surface area contributed by atoms with Gasteiger partial charge in [0.1, 0.15) is 5.82 Å². The van der Waals surface area contributed by atoms with Crippen LogP contribution in [-0.4, -0.2) is 33.5 Å². The quantitative estimate of drug-likeness (QED) is 0.610. The molecule has 0 aromatic heterocycles. The summed E-state index contributed by atoms with van der Waals surface area (Å²) in [5.74, 6) is 0.269. The SMILES string of the molecule is O=C(O)CC(O)CC(O)/C=C/C1C2C=CC(CC2)C1Cc1ccc(F)cc1. The van der Waals surface area contributed by atoms with Crippen molar-refractivity contribution >= 4 is 5.97 Å². The average molecular weight is 374 g/mol. The number of hydrogen-bond acceptors (Lipinski definition) is 3. The molecule has 2 bridgehead atoms. The Morgan fingerprint density at radius 1 is 1.15 bits per heavy atom. The van der Waals surface area contributed by atoms with E-state index >= 15 is 0 Å². The highest BCUT2D eigenvalue weighted by atomic mass is 19.1. The molecule has 0 radical (unpaired) electrons. The number of rotatable bonds is 8. The Labute approximate surface area is 159 Å². The molecule has 4 nitrogen and oxygen atoms in total. The molecule has 0 heterocycles. The first-order valence-electron chi connectivity index (χ1n) is 9.61. The van der Waals surface area contributed by atoms with Gasteiger partial charge in [0.05, 0.1) is 18.6 Å². The largest absolute Gasteiger partial charge is 0.481 e. The van der Waals surface area contributed by atoms with Gasteiger partial charge in [-0.05, 0) is 60.6 Å². The molecule has 0 amide bonds. The maximum absolute atomic E-state index is 13.2. The van der Waals surface area contributed by atoms with E-state index in [1.165, 1.54) is 12.1 Å². The van der Waals surface area contributed by atoms with Crippen LogP contribution in [-0.2, 0) is 11.2 Å². The van der Waals surface area contributed by atoms with Gasteiger partial charge in [0, 0.05) is 6.42 Å². The third kappa shape index (κ3) is 5.27. The van der Waals surface area contributed by atoms with E-state index in [1.807, 2.05) is 18.2 Å². The van der Waals surface area contributed by atoms with E-state index in [1.54, 1.807) is 6.08 Å². The van der Waals surface area contributed by atoms with E-state index in [0.717, 1.165) is 24.8 Å². The minimum atomic E-state index is -1.08. The highest BCUT2D eigenvalue weighted by Gasteiger charge is 2.39. The van der Waals surface area contributed by atoms with Gasteiger partial charge in [-0.2, -0.15) is 0 Å². The second kappa shape index (κ2) is 8.81. The van der Waals surface area contributed by atoms with Gasteiger partial charge in [-0.3, -0.25) is 4.79 Å². The fraction of sp³-hybridized carbons (Fsp3) is 0.500. The minimum Gasteiger partial charge on any atom is -0.481 e. The van der Waals surface area contributed by atoms with Crippen molar-refractivity contribution in [1.29, 1.82) is 0 Å². The number of fused-ring (bicyclic) bond motifs is 2. The van der Waals surface area contributed by atoms with Crippen LogP contribution in [0.5, 0.6) is 0 Å². The number of aliphatic carboxylic acids is 1. The third-order valence-corrected chi connectivity index (χ3v) is 5.84. The second-order valence-corrected chi connectivity index (χ2v) is 7.80. The molecule has 1 fully saturated rings. The van der Waals surface area contributed by atoms with Crippen LogP contribution in [0, 0.1) is 29.5 Å². The molecular weight excluding hydrogens is 347 g/mol. The third-order valence-electron chi connectivity index (χ3n) is 5.84. The molecule has 6 unspecified atom stereocenters. The summed E-state index contributed by atoms with van der Waals surface area (Å²) in [7, 11) is 0. The Kier molecular flexibility index (Phi) is 6.45. The first-order chi connectivity index (χ1) is 12.9. The van der Waals surface area contributed by atoms with Gasteiger partial charge >= 0.3 is 5.97 Å². The number of allylic oxidation sites excluding steroid dienone is 3. The summed E-state index contributed by atoms with van der Waals surface area (Å²) >= 11 is 0. The number of carbonyl (C=O) groups is 1. The first kappa shape index (κ1) is 19.8. The maximum Gasteiger partial charge on any atom is 0.305 e. The zero-order valence-electron chi connectivity index (χ0n) is 15.2. The van der Waals surface area contributed by atoms with Gasteiger partial charge in [0.25, 0.3) is 0 Å². The van der Waals surface area contributed by atoms with Crippen LogP contribution in [0.25, 0.3) is 0 Å². The van der Waals surface area contributed by atoms with Gasteiger partial charge < -0.3 is 15.3 Å². The Hall–Kier alpha value is -1.98. The lowest BCUT2D eigenvalue weighted by Crippen LogP contribution is -2.37. The number of halogens is 1. The zero-order valence-corrected chi connectivity index (χ0v) is 15.2. The second-order valence-electron chi connectivity index (χ2n) is 7.80. The molecule has 0 aliphatic heterocycles. The van der Waals surface area contributed by atoms with Crippen LogP contribution >= 0.6 is 0 Å². The summed E-state index contributed by atoms with van der Waals surface area (Å²) < 4.78 is 13.2. The van der Waals surface area contributed by atoms with Crippen LogP contribution in [0.3, 0.4) is 0 Å². The molecule has 0 saturated heterocycles. The van der Waals surface area contributed by atoms with Crippen molar-refractivity contribution in [3.63, 3.8) is 0 Å². The minimum absolute atomic E-state index is 0.0160. The number of carboxylic acids is 1. The topological polar surface area (TPSA) is 77.8 Å². The summed E-state index contributed by atoms with van der Waals surface area (Å²) in [6.07, 6.45) is 9.14. The van der Waals surface area contributed by atoms with E-state index in [0.29, 0.717) is 17.8 Å². The summed E-state index contributed by atoms with van der Waals surface area (Å²) in [6, 6.07) is 6.65. The molecule has 4 rings (SSSR count). The molecule has 0 spiro atoms. The Morgan fingerprint density at radius 2 is 1.81 bits per heavy atom. The molecular formula is C22H27FO4. The van der Waals surface area contributed by atoms with E-state index in [-0.39, 0.29) is 24.6 Å². The summed E-state index contributed by atoms with van der Waals surface area (Å²) in [5.41, 5.74) is 1.11. The normalized spacial score (nSPS) is 29.1. The fourth-order valence-electron chi connectivity index (χ4n) is 4.51. The van der Waals surface area contributed by atoms with Gasteiger partial charge in [-0.25, -0.2) is 4.39 Å². The van der Waals surface area contributed by atoms with E-state index in [9.17, 15) is 19.4 Å². The van der Waals surface area contributed by atoms with Crippen LogP contribution < -0.4 is 0 Å². The molecule has 3 N–H and O–H groups in total. The Bertz CT molecular complexity index is 697. The maximum atomic E-state index is 13.2. The van der Waals surface area contributed by atoms with Gasteiger partial charge in [-0.1, -0.05) is 36.4 Å². The van der Waals surface area contributed by atoms with Crippen molar-refractivity contribution in [2.75, 3.05) is 0 Å². The van der Waals surface area contributed by atoms with Gasteiger partial charge in [-0.15, -0.1) is 0 Å². The lowest BCUT2D eigenvalue weighted by Gasteiger charge is -2.44. The molecule has 146 valence electrons. The van der Waals surface area contributed by atoms with E-state index in [4.69, 9.17) is 5.11 Å². The van der Waals surface area contributed by atoms with Crippen molar-refractivity contribution in [3.05, 3.63) is 60.0 Å². The van der Waals surface area contributed by atoms with Gasteiger partial charge in [0.15, 0.2) is 0 Å². The highest BCUT2D eigenvalue weighted by Crippen LogP contribution is 2.46. The number of benzene rings is 1.